The van der Waals surface area contributed by atoms with Crippen molar-refractivity contribution in [1.82, 2.24) is 0 Å². The summed E-state index contributed by atoms with van der Waals surface area (Å²) >= 11 is 1.38. The van der Waals surface area contributed by atoms with Crippen LogP contribution in [-0.4, -0.2) is 18.0 Å². The van der Waals surface area contributed by atoms with Gasteiger partial charge in [-0.25, -0.2) is 0 Å². The number of hydrogen-bond acceptors (Lipinski definition) is 4. The number of benzene rings is 2. The van der Waals surface area contributed by atoms with Crippen LogP contribution in [0.25, 0.3) is 0 Å². The zero-order valence-corrected chi connectivity index (χ0v) is 13.0. The minimum Gasteiger partial charge on any atom is -0.451 e. The van der Waals surface area contributed by atoms with Crippen LogP contribution in [0.4, 0.5) is 0 Å². The number of nitrogens with two attached hydrogens (primary N) is 1. The van der Waals surface area contributed by atoms with Crippen molar-refractivity contribution in [2.45, 2.75) is 23.2 Å². The molecule has 0 unspecified atom stereocenters. The maximum absolute atomic E-state index is 12.4. The Labute approximate surface area is 133 Å². The van der Waals surface area contributed by atoms with Gasteiger partial charge in [-0.2, -0.15) is 0 Å². The van der Waals surface area contributed by atoms with E-state index in [1.807, 2.05) is 60.7 Å². The highest BCUT2D eigenvalue weighted by atomic mass is 32.2. The quantitative estimate of drug-likeness (QED) is 0.657. The Balaban J connectivity index is 2.22. The van der Waals surface area contributed by atoms with Crippen LogP contribution in [-0.2, 0) is 14.3 Å². The van der Waals surface area contributed by atoms with Crippen molar-refractivity contribution < 1.29 is 14.3 Å². The van der Waals surface area contributed by atoms with E-state index in [4.69, 9.17) is 10.5 Å². The van der Waals surface area contributed by atoms with Gasteiger partial charge < -0.3 is 10.5 Å². The Hall–Kier alpha value is -2.27. The van der Waals surface area contributed by atoms with E-state index in [-0.39, 0.29) is 0 Å². The summed E-state index contributed by atoms with van der Waals surface area (Å²) in [5, 5.41) is -0.551. The van der Waals surface area contributed by atoms with Crippen LogP contribution in [0.3, 0.4) is 0 Å². The molecule has 2 aromatic rings. The normalized spacial score (nSPS) is 13.1. The minimum absolute atomic E-state index is 0.480. The van der Waals surface area contributed by atoms with Gasteiger partial charge in [0.2, 0.25) is 0 Å². The predicted octanol–water partition coefficient (Wildman–Crippen LogP) is 2.94. The molecule has 0 saturated heterocycles. The number of rotatable bonds is 6. The van der Waals surface area contributed by atoms with Crippen molar-refractivity contribution in [2.75, 3.05) is 0 Å². The fourth-order valence-corrected chi connectivity index (χ4v) is 2.84. The lowest BCUT2D eigenvalue weighted by atomic mass is 10.1. The Bertz CT molecular complexity index is 631. The molecule has 0 aliphatic rings. The third-order valence-corrected chi connectivity index (χ3v) is 4.25. The molecule has 0 aliphatic carbocycles. The Kier molecular flexibility index (Phi) is 5.61. The van der Waals surface area contributed by atoms with Gasteiger partial charge in [0.05, 0.1) is 0 Å². The Morgan fingerprint density at radius 2 is 1.55 bits per heavy atom. The van der Waals surface area contributed by atoms with Crippen molar-refractivity contribution in [1.29, 1.82) is 0 Å². The molecule has 2 aromatic carbocycles. The van der Waals surface area contributed by atoms with Gasteiger partial charge in [0.25, 0.3) is 5.91 Å². The lowest BCUT2D eigenvalue weighted by Crippen LogP contribution is -2.31. The first-order valence-electron chi connectivity index (χ1n) is 6.84. The summed E-state index contributed by atoms with van der Waals surface area (Å²) in [4.78, 5) is 24.4. The summed E-state index contributed by atoms with van der Waals surface area (Å²) in [6.45, 7) is 1.47. The summed E-state index contributed by atoms with van der Waals surface area (Å²) in [7, 11) is 0. The second kappa shape index (κ2) is 7.66. The maximum Gasteiger partial charge on any atom is 0.324 e. The van der Waals surface area contributed by atoms with E-state index >= 15 is 0 Å². The van der Waals surface area contributed by atoms with Gasteiger partial charge in [0, 0.05) is 4.90 Å². The highest BCUT2D eigenvalue weighted by molar-refractivity contribution is 8.00. The van der Waals surface area contributed by atoms with Crippen LogP contribution >= 0.6 is 11.8 Å². The van der Waals surface area contributed by atoms with Gasteiger partial charge in [-0.15, -0.1) is 11.8 Å². The molecular weight excluding hydrogens is 298 g/mol. The monoisotopic (exact) mass is 315 g/mol. The standard InChI is InChI=1S/C17H17NO3S/c1-12(16(18)19)21-17(20)15(13-8-4-2-5-9-13)22-14-10-6-3-7-11-14/h2-12,15H,1H3,(H2,18,19)/t12-,15-/m1/s1. The fraction of sp³-hybridized carbons (Fsp3) is 0.176. The first-order chi connectivity index (χ1) is 10.6. The highest BCUT2D eigenvalue weighted by Crippen LogP contribution is 2.36. The van der Waals surface area contributed by atoms with E-state index < -0.39 is 23.2 Å². The van der Waals surface area contributed by atoms with Crippen LogP contribution in [0.1, 0.15) is 17.7 Å². The summed E-state index contributed by atoms with van der Waals surface area (Å²) in [5.74, 6) is -1.14. The molecule has 4 nitrogen and oxygen atoms in total. The SMILES string of the molecule is C[C@@H](OC(=O)[C@H](Sc1ccccc1)c1ccccc1)C(N)=O. The summed E-state index contributed by atoms with van der Waals surface area (Å²) < 4.78 is 5.17. The minimum atomic E-state index is -0.949. The molecule has 114 valence electrons. The predicted molar refractivity (Wildman–Crippen MR) is 86.2 cm³/mol. The van der Waals surface area contributed by atoms with E-state index in [1.54, 1.807) is 0 Å². The number of primary amides is 1. The largest absolute Gasteiger partial charge is 0.451 e. The molecule has 0 heterocycles. The van der Waals surface area contributed by atoms with Gasteiger partial charge >= 0.3 is 5.97 Å². The molecule has 1 amide bonds. The summed E-state index contributed by atoms with van der Waals surface area (Å²) in [6, 6.07) is 18.9. The van der Waals surface area contributed by atoms with Gasteiger partial charge in [0.1, 0.15) is 5.25 Å². The van der Waals surface area contributed by atoms with Crippen molar-refractivity contribution >= 4 is 23.6 Å². The number of hydrogen-bond donors (Lipinski definition) is 1. The number of thioether (sulfide) groups is 1. The number of carbonyl (C=O) groups is 2. The van der Waals surface area contributed by atoms with Crippen LogP contribution < -0.4 is 5.73 Å². The molecule has 2 rings (SSSR count). The molecular formula is C17H17NO3S. The van der Waals surface area contributed by atoms with Crippen LogP contribution in [0, 0.1) is 0 Å². The van der Waals surface area contributed by atoms with Crippen molar-refractivity contribution in [3.8, 4) is 0 Å². The number of esters is 1. The van der Waals surface area contributed by atoms with Gasteiger partial charge in [0.15, 0.2) is 6.10 Å². The van der Waals surface area contributed by atoms with Crippen LogP contribution in [0.15, 0.2) is 65.6 Å². The first kappa shape index (κ1) is 16.1. The third-order valence-electron chi connectivity index (χ3n) is 3.01. The van der Waals surface area contributed by atoms with Gasteiger partial charge in [-0.1, -0.05) is 48.5 Å². The molecule has 0 radical (unpaired) electrons. The highest BCUT2D eigenvalue weighted by Gasteiger charge is 2.26. The molecule has 22 heavy (non-hydrogen) atoms. The second-order valence-corrected chi connectivity index (χ2v) is 5.88. The molecule has 0 saturated carbocycles. The zero-order valence-electron chi connectivity index (χ0n) is 12.1. The molecule has 0 bridgehead atoms. The number of amides is 1. The lowest BCUT2D eigenvalue weighted by Gasteiger charge is -2.18. The summed E-state index contributed by atoms with van der Waals surface area (Å²) in [5.41, 5.74) is 5.97. The van der Waals surface area contributed by atoms with Crippen molar-refractivity contribution in [3.63, 3.8) is 0 Å². The van der Waals surface area contributed by atoms with E-state index in [0.29, 0.717) is 0 Å². The average molecular weight is 315 g/mol. The second-order valence-electron chi connectivity index (χ2n) is 4.70. The molecule has 5 heteroatoms. The fourth-order valence-electron chi connectivity index (χ4n) is 1.81. The van der Waals surface area contributed by atoms with Crippen molar-refractivity contribution in [2.24, 2.45) is 5.73 Å². The van der Waals surface area contributed by atoms with E-state index in [2.05, 4.69) is 0 Å². The molecule has 2 atom stereocenters. The molecule has 0 aliphatic heterocycles. The molecule has 0 fully saturated rings. The van der Waals surface area contributed by atoms with Crippen LogP contribution in [0.2, 0.25) is 0 Å². The lowest BCUT2D eigenvalue weighted by molar-refractivity contribution is -0.153. The topological polar surface area (TPSA) is 69.4 Å². The average Bonchev–Trinajstić information content (AvgIpc) is 2.54. The molecule has 0 aromatic heterocycles. The summed E-state index contributed by atoms with van der Waals surface area (Å²) in [6.07, 6.45) is -0.949. The Morgan fingerprint density at radius 3 is 2.09 bits per heavy atom. The first-order valence-corrected chi connectivity index (χ1v) is 7.72. The number of carbonyl (C=O) groups excluding carboxylic acids is 2. The third kappa shape index (κ3) is 4.36. The zero-order chi connectivity index (χ0) is 15.9. The smallest absolute Gasteiger partial charge is 0.324 e. The molecule has 0 spiro atoms. The van der Waals surface area contributed by atoms with Crippen LogP contribution in [0.5, 0.6) is 0 Å². The maximum atomic E-state index is 12.4. The molecule has 2 N–H and O–H groups in total. The number of ether oxygens (including phenoxy) is 1. The van der Waals surface area contributed by atoms with E-state index in [9.17, 15) is 9.59 Å². The van der Waals surface area contributed by atoms with Gasteiger partial charge in [-0.3, -0.25) is 9.59 Å². The van der Waals surface area contributed by atoms with E-state index in [0.717, 1.165) is 10.5 Å². The van der Waals surface area contributed by atoms with Gasteiger partial charge in [-0.05, 0) is 24.6 Å². The Morgan fingerprint density at radius 1 is 1.00 bits per heavy atom. The van der Waals surface area contributed by atoms with E-state index in [1.165, 1.54) is 18.7 Å². The van der Waals surface area contributed by atoms with Crippen molar-refractivity contribution in [3.05, 3.63) is 66.2 Å².